The van der Waals surface area contributed by atoms with Gasteiger partial charge in [-0.3, -0.25) is 14.9 Å². The lowest BCUT2D eigenvalue weighted by Gasteiger charge is -2.38. The van der Waals surface area contributed by atoms with Crippen LogP contribution in [0.1, 0.15) is 29.8 Å². The van der Waals surface area contributed by atoms with Crippen LogP contribution in [0.5, 0.6) is 0 Å². The summed E-state index contributed by atoms with van der Waals surface area (Å²) < 4.78 is 0. The summed E-state index contributed by atoms with van der Waals surface area (Å²) in [4.78, 5) is 11.0. The van der Waals surface area contributed by atoms with Gasteiger partial charge in [-0.15, -0.1) is 0 Å². The smallest absolute Gasteiger partial charge is 0.0920 e. The number of hydrogen-bond acceptors (Lipinski definition) is 4. The van der Waals surface area contributed by atoms with Crippen molar-refractivity contribution in [2.75, 3.05) is 13.1 Å². The first-order valence-electron chi connectivity index (χ1n) is 7.43. The molecule has 0 amide bonds. The molecule has 1 fully saturated rings. The van der Waals surface area contributed by atoms with E-state index in [0.717, 1.165) is 49.4 Å². The average molecular weight is 283 g/mol. The van der Waals surface area contributed by atoms with Gasteiger partial charge in [-0.05, 0) is 25.3 Å². The van der Waals surface area contributed by atoms with Crippen molar-refractivity contribution >= 4 is 0 Å². The Kier molecular flexibility index (Phi) is 3.99. The number of aryl methyl sites for hydroxylation is 1. The Labute approximate surface area is 125 Å². The zero-order chi connectivity index (χ0) is 14.7. The van der Waals surface area contributed by atoms with Crippen molar-refractivity contribution in [1.29, 1.82) is 0 Å². The van der Waals surface area contributed by atoms with E-state index in [9.17, 15) is 5.11 Å². The van der Waals surface area contributed by atoms with Crippen LogP contribution in [0, 0.1) is 6.92 Å². The van der Waals surface area contributed by atoms with Crippen LogP contribution in [0.25, 0.3) is 0 Å². The number of aromatic nitrogens is 2. The lowest BCUT2D eigenvalue weighted by Crippen LogP contribution is -2.42. The number of hydrogen-bond donors (Lipinski definition) is 1. The van der Waals surface area contributed by atoms with Crippen LogP contribution in [0.2, 0.25) is 0 Å². The first kappa shape index (κ1) is 14.2. The van der Waals surface area contributed by atoms with Crippen molar-refractivity contribution in [2.45, 2.75) is 31.9 Å². The monoisotopic (exact) mass is 283 g/mol. The second-order valence-corrected chi connectivity index (χ2v) is 5.82. The lowest BCUT2D eigenvalue weighted by molar-refractivity contribution is -0.0279. The van der Waals surface area contributed by atoms with Crippen LogP contribution in [0.15, 0.2) is 42.7 Å². The van der Waals surface area contributed by atoms with Gasteiger partial charge in [-0.25, -0.2) is 0 Å². The normalized spacial score (nSPS) is 18.6. The van der Waals surface area contributed by atoms with Gasteiger partial charge in [-0.1, -0.05) is 30.3 Å². The van der Waals surface area contributed by atoms with E-state index in [1.165, 1.54) is 0 Å². The van der Waals surface area contributed by atoms with Crippen molar-refractivity contribution in [3.05, 3.63) is 59.7 Å². The molecule has 1 aliphatic heterocycles. The Bertz CT molecular complexity index is 575. The molecule has 4 heteroatoms. The van der Waals surface area contributed by atoms with E-state index in [1.807, 2.05) is 43.5 Å². The minimum absolute atomic E-state index is 0.684. The Morgan fingerprint density at radius 1 is 1.10 bits per heavy atom. The Balaban J connectivity index is 1.61. The second kappa shape index (κ2) is 5.92. The Morgan fingerprint density at radius 2 is 1.81 bits per heavy atom. The van der Waals surface area contributed by atoms with Gasteiger partial charge in [0.1, 0.15) is 0 Å². The quantitative estimate of drug-likeness (QED) is 0.939. The standard InChI is InChI=1S/C17H21N3O/c1-14-11-19-16(12-18-14)13-20-9-7-17(21,8-10-20)15-5-3-2-4-6-15/h2-6,11-12,21H,7-10,13H2,1H3. The molecule has 0 aliphatic carbocycles. The van der Waals surface area contributed by atoms with Crippen molar-refractivity contribution in [1.82, 2.24) is 14.9 Å². The Morgan fingerprint density at radius 3 is 2.43 bits per heavy atom. The van der Waals surface area contributed by atoms with Crippen molar-refractivity contribution in [3.63, 3.8) is 0 Å². The van der Waals surface area contributed by atoms with E-state index < -0.39 is 5.60 Å². The van der Waals surface area contributed by atoms with Gasteiger partial charge in [-0.2, -0.15) is 0 Å². The highest BCUT2D eigenvalue weighted by Gasteiger charge is 2.33. The molecule has 110 valence electrons. The summed E-state index contributed by atoms with van der Waals surface area (Å²) in [5, 5.41) is 10.8. The number of aliphatic hydroxyl groups is 1. The molecule has 1 saturated heterocycles. The molecule has 4 nitrogen and oxygen atoms in total. The topological polar surface area (TPSA) is 49.2 Å². The molecule has 0 radical (unpaired) electrons. The van der Waals surface area contributed by atoms with E-state index in [-0.39, 0.29) is 0 Å². The predicted molar refractivity (Wildman–Crippen MR) is 81.6 cm³/mol. The SMILES string of the molecule is Cc1cnc(CN2CCC(O)(c3ccccc3)CC2)cn1. The van der Waals surface area contributed by atoms with E-state index >= 15 is 0 Å². The summed E-state index contributed by atoms with van der Waals surface area (Å²) in [6.45, 7) is 4.50. The van der Waals surface area contributed by atoms with Gasteiger partial charge < -0.3 is 5.11 Å². The fraction of sp³-hybridized carbons (Fsp3) is 0.412. The first-order valence-corrected chi connectivity index (χ1v) is 7.43. The van der Waals surface area contributed by atoms with Crippen LogP contribution in [-0.2, 0) is 12.1 Å². The van der Waals surface area contributed by atoms with Gasteiger partial charge in [0.2, 0.25) is 0 Å². The third kappa shape index (κ3) is 3.28. The van der Waals surface area contributed by atoms with Gasteiger partial charge in [0.15, 0.2) is 0 Å². The molecular formula is C17H21N3O. The van der Waals surface area contributed by atoms with Gasteiger partial charge in [0.05, 0.1) is 17.0 Å². The van der Waals surface area contributed by atoms with Gasteiger partial charge in [0.25, 0.3) is 0 Å². The summed E-state index contributed by atoms with van der Waals surface area (Å²) in [5.74, 6) is 0. The zero-order valence-electron chi connectivity index (χ0n) is 12.4. The Hall–Kier alpha value is -1.78. The molecule has 0 unspecified atom stereocenters. The average Bonchev–Trinajstić information content (AvgIpc) is 2.53. The van der Waals surface area contributed by atoms with E-state index in [0.29, 0.717) is 0 Å². The first-order chi connectivity index (χ1) is 10.2. The van der Waals surface area contributed by atoms with Crippen LogP contribution in [0.3, 0.4) is 0 Å². The van der Waals surface area contributed by atoms with Crippen LogP contribution in [0.4, 0.5) is 0 Å². The van der Waals surface area contributed by atoms with Crippen molar-refractivity contribution in [2.24, 2.45) is 0 Å². The summed E-state index contributed by atoms with van der Waals surface area (Å²) >= 11 is 0. The maximum absolute atomic E-state index is 10.8. The van der Waals surface area contributed by atoms with Crippen molar-refractivity contribution < 1.29 is 5.11 Å². The molecular weight excluding hydrogens is 262 g/mol. The zero-order valence-corrected chi connectivity index (χ0v) is 12.4. The third-order valence-corrected chi connectivity index (χ3v) is 4.21. The predicted octanol–water partition coefficient (Wildman–Crippen LogP) is 2.27. The van der Waals surface area contributed by atoms with Gasteiger partial charge >= 0.3 is 0 Å². The maximum atomic E-state index is 10.8. The lowest BCUT2D eigenvalue weighted by atomic mass is 9.84. The number of rotatable bonds is 3. The molecule has 2 aromatic rings. The van der Waals surface area contributed by atoms with E-state index in [1.54, 1.807) is 6.20 Å². The molecule has 0 atom stereocenters. The minimum Gasteiger partial charge on any atom is -0.385 e. The number of nitrogens with zero attached hydrogens (tertiary/aromatic N) is 3. The molecule has 0 saturated carbocycles. The highest BCUT2D eigenvalue weighted by Crippen LogP contribution is 2.32. The van der Waals surface area contributed by atoms with Crippen LogP contribution in [-0.4, -0.2) is 33.1 Å². The molecule has 3 rings (SSSR count). The molecule has 1 aromatic heterocycles. The van der Waals surface area contributed by atoms with Gasteiger partial charge in [0, 0.05) is 32.0 Å². The number of benzene rings is 1. The molecule has 1 aromatic carbocycles. The maximum Gasteiger partial charge on any atom is 0.0920 e. The van der Waals surface area contributed by atoms with Crippen molar-refractivity contribution in [3.8, 4) is 0 Å². The molecule has 21 heavy (non-hydrogen) atoms. The molecule has 0 spiro atoms. The van der Waals surface area contributed by atoms with E-state index in [2.05, 4.69) is 14.9 Å². The second-order valence-electron chi connectivity index (χ2n) is 5.82. The highest BCUT2D eigenvalue weighted by molar-refractivity contribution is 5.23. The largest absolute Gasteiger partial charge is 0.385 e. The molecule has 0 bridgehead atoms. The summed E-state index contributed by atoms with van der Waals surface area (Å²) in [6.07, 6.45) is 5.17. The van der Waals surface area contributed by atoms with Crippen LogP contribution >= 0.6 is 0 Å². The van der Waals surface area contributed by atoms with Crippen LogP contribution < -0.4 is 0 Å². The minimum atomic E-state index is -0.684. The number of piperidine rings is 1. The van der Waals surface area contributed by atoms with E-state index in [4.69, 9.17) is 0 Å². The number of likely N-dealkylation sites (tertiary alicyclic amines) is 1. The summed E-state index contributed by atoms with van der Waals surface area (Å²) in [6, 6.07) is 9.99. The fourth-order valence-electron chi connectivity index (χ4n) is 2.85. The molecule has 1 aliphatic rings. The fourth-order valence-corrected chi connectivity index (χ4v) is 2.85. The highest BCUT2D eigenvalue weighted by atomic mass is 16.3. The molecule has 2 heterocycles. The summed E-state index contributed by atoms with van der Waals surface area (Å²) in [5.41, 5.74) is 2.28. The summed E-state index contributed by atoms with van der Waals surface area (Å²) in [7, 11) is 0. The molecule has 1 N–H and O–H groups in total. The third-order valence-electron chi connectivity index (χ3n) is 4.21.